The van der Waals surface area contributed by atoms with Gasteiger partial charge in [-0.2, -0.15) is 0 Å². The van der Waals surface area contributed by atoms with E-state index in [-0.39, 0.29) is 6.54 Å². The molecule has 0 spiro atoms. The van der Waals surface area contributed by atoms with Gasteiger partial charge in [0.15, 0.2) is 0 Å². The lowest BCUT2D eigenvalue weighted by Crippen LogP contribution is -2.09. The van der Waals surface area contributed by atoms with Crippen LogP contribution in [0.3, 0.4) is 0 Å². The molecule has 21 heavy (non-hydrogen) atoms. The van der Waals surface area contributed by atoms with Crippen LogP contribution < -0.4 is 4.74 Å². The Balaban J connectivity index is 1.77. The van der Waals surface area contributed by atoms with Crippen LogP contribution in [-0.2, 0) is 17.9 Å². The van der Waals surface area contributed by atoms with Crippen LogP contribution >= 0.6 is 0 Å². The normalized spacial score (nSPS) is 10.7. The van der Waals surface area contributed by atoms with E-state index >= 15 is 0 Å². The van der Waals surface area contributed by atoms with Gasteiger partial charge in [0.2, 0.25) is 0 Å². The molecule has 0 aliphatic rings. The van der Waals surface area contributed by atoms with Crippen molar-refractivity contribution in [1.29, 1.82) is 0 Å². The van der Waals surface area contributed by atoms with E-state index in [1.165, 1.54) is 4.68 Å². The number of hydrogen-bond donors (Lipinski definition) is 1. The summed E-state index contributed by atoms with van der Waals surface area (Å²) in [5.41, 5.74) is 2.36. The third-order valence-corrected chi connectivity index (χ3v) is 3.02. The molecule has 0 saturated heterocycles. The third-order valence-electron chi connectivity index (χ3n) is 3.02. The summed E-state index contributed by atoms with van der Waals surface area (Å²) >= 11 is 0. The van der Waals surface area contributed by atoms with E-state index in [0.717, 1.165) is 5.56 Å². The molecule has 3 rings (SSSR count). The lowest BCUT2D eigenvalue weighted by atomic mass is 10.2. The first-order chi connectivity index (χ1) is 10.2. The minimum atomic E-state index is -0.953. The van der Waals surface area contributed by atoms with Crippen LogP contribution in [0.4, 0.5) is 0 Å². The molecule has 0 fully saturated rings. The molecule has 6 heteroatoms. The Morgan fingerprint density at radius 3 is 2.76 bits per heavy atom. The van der Waals surface area contributed by atoms with Gasteiger partial charge in [0.25, 0.3) is 0 Å². The Morgan fingerprint density at radius 1 is 1.19 bits per heavy atom. The van der Waals surface area contributed by atoms with Gasteiger partial charge in [0, 0.05) is 6.07 Å². The van der Waals surface area contributed by atoms with Crippen LogP contribution in [0, 0.1) is 0 Å². The van der Waals surface area contributed by atoms with E-state index in [0.29, 0.717) is 23.4 Å². The fraction of sp³-hybridized carbons (Fsp3) is 0.133. The molecular weight excluding hydrogens is 270 g/mol. The average Bonchev–Trinajstić information content (AvgIpc) is 2.88. The van der Waals surface area contributed by atoms with Crippen molar-refractivity contribution < 1.29 is 14.6 Å². The van der Waals surface area contributed by atoms with Crippen molar-refractivity contribution in [3.8, 4) is 5.75 Å². The molecule has 0 radical (unpaired) electrons. The van der Waals surface area contributed by atoms with E-state index in [9.17, 15) is 4.79 Å². The molecule has 2 aromatic carbocycles. The summed E-state index contributed by atoms with van der Waals surface area (Å²) in [5.74, 6) is -0.278. The Morgan fingerprint density at radius 2 is 2.00 bits per heavy atom. The van der Waals surface area contributed by atoms with Gasteiger partial charge in [-0.25, -0.2) is 4.68 Å². The highest BCUT2D eigenvalue weighted by atomic mass is 16.5. The fourth-order valence-electron chi connectivity index (χ4n) is 2.03. The number of aromatic nitrogens is 3. The van der Waals surface area contributed by atoms with Crippen LogP contribution in [-0.4, -0.2) is 26.1 Å². The molecule has 1 aromatic heterocycles. The van der Waals surface area contributed by atoms with Gasteiger partial charge in [-0.05, 0) is 17.7 Å². The molecule has 0 atom stereocenters. The molecule has 1 heterocycles. The molecule has 0 saturated carbocycles. The second-order valence-corrected chi connectivity index (χ2v) is 4.57. The second kappa shape index (κ2) is 5.62. The van der Waals surface area contributed by atoms with Crippen LogP contribution in [0.1, 0.15) is 5.56 Å². The zero-order valence-corrected chi connectivity index (χ0v) is 11.1. The number of carboxylic acids is 1. The lowest BCUT2D eigenvalue weighted by Gasteiger charge is -2.06. The number of nitrogens with zero attached hydrogens (tertiary/aromatic N) is 3. The van der Waals surface area contributed by atoms with Crippen molar-refractivity contribution in [3.63, 3.8) is 0 Å². The highest BCUT2D eigenvalue weighted by Gasteiger charge is 2.08. The molecule has 106 valence electrons. The van der Waals surface area contributed by atoms with Gasteiger partial charge < -0.3 is 9.84 Å². The maximum absolute atomic E-state index is 10.7. The van der Waals surface area contributed by atoms with Crippen LogP contribution in [0.2, 0.25) is 0 Å². The smallest absolute Gasteiger partial charge is 0.325 e. The van der Waals surface area contributed by atoms with Crippen LogP contribution in [0.25, 0.3) is 11.0 Å². The Kier molecular flexibility index (Phi) is 3.51. The largest absolute Gasteiger partial charge is 0.489 e. The summed E-state index contributed by atoms with van der Waals surface area (Å²) in [6.45, 7) is 0.260. The first-order valence-corrected chi connectivity index (χ1v) is 6.44. The van der Waals surface area contributed by atoms with Gasteiger partial charge in [-0.3, -0.25) is 4.79 Å². The quantitative estimate of drug-likeness (QED) is 0.775. The number of fused-ring (bicyclic) bond motifs is 1. The third kappa shape index (κ3) is 3.00. The van der Waals surface area contributed by atoms with E-state index in [2.05, 4.69) is 10.3 Å². The van der Waals surface area contributed by atoms with Crippen molar-refractivity contribution in [2.24, 2.45) is 0 Å². The van der Waals surface area contributed by atoms with E-state index < -0.39 is 5.97 Å². The monoisotopic (exact) mass is 283 g/mol. The van der Waals surface area contributed by atoms with Gasteiger partial charge in [-0.15, -0.1) is 5.10 Å². The highest BCUT2D eigenvalue weighted by Crippen LogP contribution is 2.20. The molecule has 0 unspecified atom stereocenters. The minimum absolute atomic E-state index is 0.208. The van der Waals surface area contributed by atoms with Crippen molar-refractivity contribution in [1.82, 2.24) is 15.0 Å². The Hall–Kier alpha value is -2.89. The van der Waals surface area contributed by atoms with Crippen LogP contribution in [0.15, 0.2) is 48.5 Å². The first kappa shape index (κ1) is 13.1. The molecule has 6 nitrogen and oxygen atoms in total. The Labute approximate surface area is 120 Å². The molecule has 0 aliphatic carbocycles. The second-order valence-electron chi connectivity index (χ2n) is 4.57. The number of ether oxygens (including phenoxy) is 1. The van der Waals surface area contributed by atoms with Crippen molar-refractivity contribution in [3.05, 3.63) is 54.1 Å². The van der Waals surface area contributed by atoms with Gasteiger partial charge in [0.05, 0.1) is 5.52 Å². The van der Waals surface area contributed by atoms with E-state index in [1.54, 1.807) is 18.2 Å². The average molecular weight is 283 g/mol. The maximum atomic E-state index is 10.7. The van der Waals surface area contributed by atoms with E-state index in [4.69, 9.17) is 9.84 Å². The number of carbonyl (C=O) groups is 1. The number of rotatable bonds is 5. The number of benzene rings is 2. The maximum Gasteiger partial charge on any atom is 0.325 e. The van der Waals surface area contributed by atoms with Crippen LogP contribution in [0.5, 0.6) is 5.75 Å². The van der Waals surface area contributed by atoms with Crippen molar-refractivity contribution in [2.75, 3.05) is 0 Å². The molecular formula is C15H13N3O3. The summed E-state index contributed by atoms with van der Waals surface area (Å²) in [6.07, 6.45) is 0. The fourth-order valence-corrected chi connectivity index (χ4v) is 2.03. The highest BCUT2D eigenvalue weighted by molar-refractivity contribution is 5.78. The number of carboxylic acid groups (broad SMARTS) is 1. The molecule has 0 bridgehead atoms. The molecule has 1 N–H and O–H groups in total. The van der Waals surface area contributed by atoms with Gasteiger partial charge in [0.1, 0.15) is 24.4 Å². The van der Waals surface area contributed by atoms with E-state index in [1.807, 2.05) is 30.3 Å². The summed E-state index contributed by atoms with van der Waals surface area (Å²) in [6, 6.07) is 15.1. The summed E-state index contributed by atoms with van der Waals surface area (Å²) in [4.78, 5) is 10.7. The summed E-state index contributed by atoms with van der Waals surface area (Å²) in [7, 11) is 0. The number of hydrogen-bond acceptors (Lipinski definition) is 4. The first-order valence-electron chi connectivity index (χ1n) is 6.44. The lowest BCUT2D eigenvalue weighted by molar-refractivity contribution is -0.137. The summed E-state index contributed by atoms with van der Waals surface area (Å²) in [5, 5.41) is 16.6. The topological polar surface area (TPSA) is 77.2 Å². The van der Waals surface area contributed by atoms with Gasteiger partial charge in [-0.1, -0.05) is 35.5 Å². The standard InChI is InChI=1S/C15H13N3O3/c19-15(20)9-18-14-7-6-12(8-13(14)16-17-18)21-10-11-4-2-1-3-5-11/h1-8H,9-10H2,(H,19,20). The molecule has 3 aromatic rings. The van der Waals surface area contributed by atoms with Gasteiger partial charge >= 0.3 is 5.97 Å². The minimum Gasteiger partial charge on any atom is -0.489 e. The predicted molar refractivity (Wildman–Crippen MR) is 75.9 cm³/mol. The summed E-state index contributed by atoms with van der Waals surface area (Å²) < 4.78 is 7.04. The molecule has 0 aliphatic heterocycles. The van der Waals surface area contributed by atoms with Crippen molar-refractivity contribution >= 4 is 17.0 Å². The Bertz CT molecular complexity index is 768. The predicted octanol–water partition coefficient (Wildman–Crippen LogP) is 2.09. The number of aliphatic carboxylic acids is 1. The SMILES string of the molecule is O=C(O)Cn1nnc2cc(OCc3ccccc3)ccc21. The molecule has 0 amide bonds. The zero-order chi connectivity index (χ0) is 14.7. The van der Waals surface area contributed by atoms with Crippen molar-refractivity contribution in [2.45, 2.75) is 13.2 Å². The zero-order valence-electron chi connectivity index (χ0n) is 11.1.